The largest absolute Gasteiger partial charge is 0.462 e. The van der Waals surface area contributed by atoms with Crippen LogP contribution in [-0.2, 0) is 14.3 Å². The van der Waals surface area contributed by atoms with E-state index in [1.165, 1.54) is 44.8 Å². The summed E-state index contributed by atoms with van der Waals surface area (Å²) >= 11 is 0. The summed E-state index contributed by atoms with van der Waals surface area (Å²) in [7, 11) is 0. The lowest BCUT2D eigenvalue weighted by molar-refractivity contribution is -0.268. The smallest absolute Gasteiger partial charge is 0.330 e. The zero-order valence-electron chi connectivity index (χ0n) is 19.1. The molecule has 3 aliphatic heterocycles. The van der Waals surface area contributed by atoms with Crippen molar-refractivity contribution in [1.82, 2.24) is 4.90 Å². The number of hydrogen-bond donors (Lipinski definition) is 3. The van der Waals surface area contributed by atoms with Gasteiger partial charge in [0.2, 0.25) is 6.29 Å². The standard InChI is InChI=1S/C25H35NO7/c1-16-22(28)23(29)24(30)25(32-16)33-19-10-7-17(8-11-19)9-12-21(27)31-15-18-5-4-14-26-13-3-2-6-20(18)26/h7-12,16,18,20,22-25,28-30H,2-6,13-15H2,1H3/b12-9-/t16-,18+,20+,22-,23+,24+,25-/m0/s1. The van der Waals surface area contributed by atoms with Crippen molar-refractivity contribution in [2.75, 3.05) is 19.7 Å². The molecule has 7 atom stereocenters. The number of carbonyl (C=O) groups excluding carboxylic acids is 1. The van der Waals surface area contributed by atoms with E-state index in [2.05, 4.69) is 4.90 Å². The summed E-state index contributed by atoms with van der Waals surface area (Å²) in [6.45, 7) is 4.41. The second kappa shape index (κ2) is 11.0. The molecule has 0 unspecified atom stereocenters. The predicted molar refractivity (Wildman–Crippen MR) is 121 cm³/mol. The van der Waals surface area contributed by atoms with Crippen LogP contribution < -0.4 is 4.74 Å². The van der Waals surface area contributed by atoms with E-state index >= 15 is 0 Å². The van der Waals surface area contributed by atoms with E-state index < -0.39 is 30.7 Å². The fourth-order valence-electron chi connectivity index (χ4n) is 5.08. The van der Waals surface area contributed by atoms with E-state index in [4.69, 9.17) is 14.2 Å². The first-order valence-electron chi connectivity index (χ1n) is 12.0. The summed E-state index contributed by atoms with van der Waals surface area (Å²) in [5, 5.41) is 29.7. The van der Waals surface area contributed by atoms with Gasteiger partial charge < -0.3 is 29.5 Å². The van der Waals surface area contributed by atoms with Crippen molar-refractivity contribution in [1.29, 1.82) is 0 Å². The topological polar surface area (TPSA) is 109 Å². The molecule has 8 nitrogen and oxygen atoms in total. The van der Waals surface area contributed by atoms with Gasteiger partial charge in [0.15, 0.2) is 0 Å². The Morgan fingerprint density at radius 2 is 1.82 bits per heavy atom. The van der Waals surface area contributed by atoms with E-state index in [1.807, 2.05) is 0 Å². The highest BCUT2D eigenvalue weighted by Crippen LogP contribution is 2.31. The highest BCUT2D eigenvalue weighted by Gasteiger charge is 2.43. The fourth-order valence-corrected chi connectivity index (χ4v) is 5.08. The lowest BCUT2D eigenvalue weighted by Gasteiger charge is -2.44. The molecule has 8 heteroatoms. The molecule has 1 aromatic rings. The predicted octanol–water partition coefficient (Wildman–Crippen LogP) is 1.71. The normalized spacial score (nSPS) is 35.2. The van der Waals surface area contributed by atoms with Gasteiger partial charge in [-0.1, -0.05) is 18.6 Å². The van der Waals surface area contributed by atoms with Gasteiger partial charge in [-0.05, 0) is 69.5 Å². The molecule has 0 saturated carbocycles. The Bertz CT molecular complexity index is 811. The van der Waals surface area contributed by atoms with Crippen molar-refractivity contribution >= 4 is 12.0 Å². The first kappa shape index (κ1) is 24.2. The van der Waals surface area contributed by atoms with Crippen molar-refractivity contribution in [3.05, 3.63) is 35.9 Å². The minimum atomic E-state index is -1.37. The van der Waals surface area contributed by atoms with Crippen molar-refractivity contribution in [2.45, 2.75) is 75.8 Å². The Balaban J connectivity index is 1.25. The number of aliphatic hydroxyl groups excluding tert-OH is 3. The van der Waals surface area contributed by atoms with Crippen LogP contribution in [0.2, 0.25) is 0 Å². The van der Waals surface area contributed by atoms with Crippen molar-refractivity contribution in [2.24, 2.45) is 5.92 Å². The van der Waals surface area contributed by atoms with E-state index in [1.54, 1.807) is 37.3 Å². The second-order valence-electron chi connectivity index (χ2n) is 9.33. The summed E-state index contributed by atoms with van der Waals surface area (Å²) in [6.07, 6.45) is 3.51. The molecule has 3 saturated heterocycles. The van der Waals surface area contributed by atoms with Gasteiger partial charge in [-0.15, -0.1) is 0 Å². The summed E-state index contributed by atoms with van der Waals surface area (Å²) in [6, 6.07) is 7.45. The highest BCUT2D eigenvalue weighted by molar-refractivity contribution is 5.87. The SMILES string of the molecule is C[C@@H]1O[C@@H](Oc2ccc(/C=C\C(=O)OC[C@H]3CCCN4CCCC[C@H]34)cc2)[C@H](O)[C@H](O)[C@H]1O. The van der Waals surface area contributed by atoms with Gasteiger partial charge in [0.1, 0.15) is 24.1 Å². The first-order valence-corrected chi connectivity index (χ1v) is 12.0. The van der Waals surface area contributed by atoms with Crippen molar-refractivity contribution < 1.29 is 34.3 Å². The van der Waals surface area contributed by atoms with Gasteiger partial charge in [-0.2, -0.15) is 0 Å². The minimum Gasteiger partial charge on any atom is -0.462 e. The first-order chi connectivity index (χ1) is 15.9. The maximum absolute atomic E-state index is 12.2. The van der Waals surface area contributed by atoms with Crippen molar-refractivity contribution in [3.8, 4) is 5.75 Å². The number of aliphatic hydroxyl groups is 3. The van der Waals surface area contributed by atoms with E-state index in [0.29, 0.717) is 24.3 Å². The van der Waals surface area contributed by atoms with E-state index in [9.17, 15) is 20.1 Å². The fraction of sp³-hybridized carbons (Fsp3) is 0.640. The third kappa shape index (κ3) is 5.94. The quantitative estimate of drug-likeness (QED) is 0.434. The molecule has 0 aromatic heterocycles. The Morgan fingerprint density at radius 1 is 1.06 bits per heavy atom. The molecule has 3 heterocycles. The molecule has 4 rings (SSSR count). The maximum Gasteiger partial charge on any atom is 0.330 e. The van der Waals surface area contributed by atoms with Gasteiger partial charge >= 0.3 is 5.97 Å². The zero-order valence-corrected chi connectivity index (χ0v) is 19.1. The van der Waals surface area contributed by atoms with Crippen LogP contribution in [0.25, 0.3) is 6.08 Å². The Kier molecular flexibility index (Phi) is 8.03. The number of benzene rings is 1. The van der Waals surface area contributed by atoms with Crippen LogP contribution in [0.1, 0.15) is 44.6 Å². The molecular formula is C25H35NO7. The molecule has 0 bridgehead atoms. The zero-order chi connectivity index (χ0) is 23.4. The Hall–Kier alpha value is -1.97. The van der Waals surface area contributed by atoms with Crippen LogP contribution in [0.5, 0.6) is 5.75 Å². The van der Waals surface area contributed by atoms with Crippen LogP contribution in [0.3, 0.4) is 0 Å². The molecule has 0 amide bonds. The summed E-state index contributed by atoms with van der Waals surface area (Å²) in [5.74, 6) is 0.514. The molecule has 3 fully saturated rings. The Labute approximate surface area is 194 Å². The number of hydrogen-bond acceptors (Lipinski definition) is 8. The number of fused-ring (bicyclic) bond motifs is 1. The van der Waals surface area contributed by atoms with Gasteiger partial charge in [-0.3, -0.25) is 4.90 Å². The van der Waals surface area contributed by atoms with Gasteiger partial charge in [0.05, 0.1) is 12.7 Å². The number of ether oxygens (including phenoxy) is 3. The number of nitrogens with zero attached hydrogens (tertiary/aromatic N) is 1. The maximum atomic E-state index is 12.2. The highest BCUT2D eigenvalue weighted by atomic mass is 16.7. The van der Waals surface area contributed by atoms with Gasteiger partial charge in [0.25, 0.3) is 0 Å². The van der Waals surface area contributed by atoms with Gasteiger partial charge in [-0.25, -0.2) is 4.79 Å². The molecule has 182 valence electrons. The van der Waals surface area contributed by atoms with Gasteiger partial charge in [0, 0.05) is 18.0 Å². The van der Waals surface area contributed by atoms with E-state index in [0.717, 1.165) is 12.0 Å². The minimum absolute atomic E-state index is 0.344. The molecule has 3 aliphatic rings. The number of piperidine rings is 2. The molecule has 1 aromatic carbocycles. The number of rotatable bonds is 6. The monoisotopic (exact) mass is 461 g/mol. The molecule has 0 spiro atoms. The lowest BCUT2D eigenvalue weighted by Crippen LogP contribution is -2.58. The molecule has 0 aliphatic carbocycles. The van der Waals surface area contributed by atoms with E-state index in [-0.39, 0.29) is 5.97 Å². The summed E-state index contributed by atoms with van der Waals surface area (Å²) in [5.41, 5.74) is 0.796. The van der Waals surface area contributed by atoms with Crippen LogP contribution in [0, 0.1) is 5.92 Å². The average Bonchev–Trinajstić information content (AvgIpc) is 2.84. The molecular weight excluding hydrogens is 426 g/mol. The van der Waals surface area contributed by atoms with Crippen LogP contribution >= 0.6 is 0 Å². The third-order valence-electron chi connectivity index (χ3n) is 7.02. The van der Waals surface area contributed by atoms with Crippen molar-refractivity contribution in [3.63, 3.8) is 0 Å². The Morgan fingerprint density at radius 3 is 2.61 bits per heavy atom. The lowest BCUT2D eigenvalue weighted by atomic mass is 9.84. The molecule has 33 heavy (non-hydrogen) atoms. The molecule has 3 N–H and O–H groups in total. The summed E-state index contributed by atoms with van der Waals surface area (Å²) < 4.78 is 16.6. The average molecular weight is 462 g/mol. The number of carbonyl (C=O) groups is 1. The summed E-state index contributed by atoms with van der Waals surface area (Å²) in [4.78, 5) is 14.8. The number of esters is 1. The second-order valence-corrected chi connectivity index (χ2v) is 9.33. The van der Waals surface area contributed by atoms with Crippen LogP contribution in [0.15, 0.2) is 30.3 Å². The third-order valence-corrected chi connectivity index (χ3v) is 7.02. The van der Waals surface area contributed by atoms with Crippen LogP contribution in [-0.4, -0.2) is 82.6 Å². The molecule has 0 radical (unpaired) electrons. The van der Waals surface area contributed by atoms with Crippen LogP contribution in [0.4, 0.5) is 0 Å².